The minimum atomic E-state index is -0.855. The van der Waals surface area contributed by atoms with Gasteiger partial charge in [0.15, 0.2) is 0 Å². The Bertz CT molecular complexity index is 590. The highest BCUT2D eigenvalue weighted by Gasteiger charge is 2.28. The molecule has 0 saturated carbocycles. The fourth-order valence-electron chi connectivity index (χ4n) is 2.64. The lowest BCUT2D eigenvalue weighted by Gasteiger charge is -2.30. The van der Waals surface area contributed by atoms with Crippen molar-refractivity contribution in [2.45, 2.75) is 19.8 Å². The van der Waals surface area contributed by atoms with Crippen LogP contribution in [-0.2, 0) is 9.53 Å². The number of urea groups is 1. The summed E-state index contributed by atoms with van der Waals surface area (Å²) in [6.07, 6.45) is 1.30. The highest BCUT2D eigenvalue weighted by atomic mass is 16.5. The van der Waals surface area contributed by atoms with Gasteiger partial charge < -0.3 is 24.8 Å². The molecule has 0 radical (unpaired) electrons. The van der Waals surface area contributed by atoms with E-state index in [1.54, 1.807) is 18.1 Å². The number of amides is 2. The summed E-state index contributed by atoms with van der Waals surface area (Å²) >= 11 is 0. The van der Waals surface area contributed by atoms with E-state index < -0.39 is 11.9 Å². The van der Waals surface area contributed by atoms with Crippen LogP contribution in [0.4, 0.5) is 10.5 Å². The van der Waals surface area contributed by atoms with Crippen LogP contribution in [0, 0.1) is 12.8 Å². The van der Waals surface area contributed by atoms with Gasteiger partial charge in [-0.2, -0.15) is 0 Å². The normalized spacial score (nSPS) is 17.4. The van der Waals surface area contributed by atoms with Crippen molar-refractivity contribution in [3.8, 4) is 5.75 Å². The van der Waals surface area contributed by atoms with Gasteiger partial charge in [-0.15, -0.1) is 0 Å². The zero-order valence-corrected chi connectivity index (χ0v) is 14.1. The minimum Gasteiger partial charge on any atom is -0.489 e. The van der Waals surface area contributed by atoms with Crippen molar-refractivity contribution in [1.82, 2.24) is 4.90 Å². The van der Waals surface area contributed by atoms with Crippen molar-refractivity contribution in [2.75, 3.05) is 38.7 Å². The topological polar surface area (TPSA) is 88.1 Å². The number of carbonyl (C=O) groups is 2. The molecule has 2 amide bonds. The number of methoxy groups -OCH3 is 1. The lowest BCUT2D eigenvalue weighted by Crippen LogP contribution is -2.44. The molecule has 7 heteroatoms. The molecule has 1 aliphatic heterocycles. The molecule has 0 aromatic heterocycles. The molecule has 1 aromatic rings. The number of rotatable bonds is 6. The second-order valence-electron chi connectivity index (χ2n) is 5.89. The van der Waals surface area contributed by atoms with Crippen molar-refractivity contribution in [3.63, 3.8) is 0 Å². The van der Waals surface area contributed by atoms with Crippen LogP contribution in [0.3, 0.4) is 0 Å². The minimum absolute atomic E-state index is 0.229. The molecule has 7 nitrogen and oxygen atoms in total. The number of likely N-dealkylation sites (tertiary alicyclic amines) is 1. The first-order chi connectivity index (χ1) is 11.5. The Labute approximate surface area is 141 Å². The Balaban J connectivity index is 2.03. The number of nitrogens with one attached hydrogen (secondary N) is 1. The number of benzene rings is 1. The van der Waals surface area contributed by atoms with E-state index in [0.29, 0.717) is 44.0 Å². The standard InChI is InChI=1S/C17H24N2O5/c1-12-5-6-14(15(10-12)24-9-8-23-2)18-17(22)19-7-3-4-13(11-19)16(20)21/h5-6,10,13H,3-4,7-9,11H2,1-2H3,(H,18,22)(H,20,21). The number of piperidine rings is 1. The number of anilines is 1. The van der Waals surface area contributed by atoms with Crippen LogP contribution >= 0.6 is 0 Å². The summed E-state index contributed by atoms with van der Waals surface area (Å²) in [5.41, 5.74) is 1.59. The molecule has 2 rings (SSSR count). The van der Waals surface area contributed by atoms with E-state index >= 15 is 0 Å². The number of carbonyl (C=O) groups excluding carboxylic acids is 1. The maximum atomic E-state index is 12.4. The van der Waals surface area contributed by atoms with Crippen LogP contribution in [0.1, 0.15) is 18.4 Å². The Morgan fingerprint density at radius 3 is 2.88 bits per heavy atom. The molecule has 0 aliphatic carbocycles. The number of carboxylic acid groups (broad SMARTS) is 1. The van der Waals surface area contributed by atoms with E-state index in [4.69, 9.17) is 14.6 Å². The number of aryl methyl sites for hydroxylation is 1. The second kappa shape index (κ2) is 8.54. The monoisotopic (exact) mass is 336 g/mol. The molecule has 132 valence electrons. The van der Waals surface area contributed by atoms with Gasteiger partial charge in [-0.3, -0.25) is 4.79 Å². The molecule has 24 heavy (non-hydrogen) atoms. The van der Waals surface area contributed by atoms with Gasteiger partial charge in [0.1, 0.15) is 12.4 Å². The lowest BCUT2D eigenvalue weighted by atomic mass is 9.99. The fraction of sp³-hybridized carbons (Fsp3) is 0.529. The maximum absolute atomic E-state index is 12.4. The summed E-state index contributed by atoms with van der Waals surface area (Å²) in [5.74, 6) is -0.779. The summed E-state index contributed by atoms with van der Waals surface area (Å²) in [7, 11) is 1.59. The number of aliphatic carboxylic acids is 1. The van der Waals surface area contributed by atoms with E-state index in [2.05, 4.69) is 5.32 Å². The van der Waals surface area contributed by atoms with Crippen LogP contribution in [-0.4, -0.2) is 55.4 Å². The number of nitrogens with zero attached hydrogens (tertiary/aromatic N) is 1. The van der Waals surface area contributed by atoms with Gasteiger partial charge in [0.2, 0.25) is 0 Å². The highest BCUT2D eigenvalue weighted by Crippen LogP contribution is 2.27. The first-order valence-electron chi connectivity index (χ1n) is 8.02. The van der Waals surface area contributed by atoms with Crippen LogP contribution in [0.15, 0.2) is 18.2 Å². The summed E-state index contributed by atoms with van der Waals surface area (Å²) in [4.78, 5) is 25.1. The average molecular weight is 336 g/mol. The molecule has 0 spiro atoms. The lowest BCUT2D eigenvalue weighted by molar-refractivity contribution is -0.143. The van der Waals surface area contributed by atoms with Crippen LogP contribution in [0.2, 0.25) is 0 Å². The third-order valence-corrected chi connectivity index (χ3v) is 3.98. The summed E-state index contributed by atoms with van der Waals surface area (Å²) < 4.78 is 10.6. The third kappa shape index (κ3) is 4.86. The van der Waals surface area contributed by atoms with E-state index in [1.807, 2.05) is 19.1 Å². The molecule has 1 aromatic carbocycles. The van der Waals surface area contributed by atoms with Crippen molar-refractivity contribution in [3.05, 3.63) is 23.8 Å². The Morgan fingerprint density at radius 2 is 2.17 bits per heavy atom. The molecule has 1 fully saturated rings. The predicted molar refractivity (Wildman–Crippen MR) is 89.5 cm³/mol. The predicted octanol–water partition coefficient (Wildman–Crippen LogP) is 2.35. The molecule has 1 atom stereocenters. The molecular formula is C17H24N2O5. The van der Waals surface area contributed by atoms with Gasteiger partial charge in [-0.25, -0.2) is 4.79 Å². The maximum Gasteiger partial charge on any atom is 0.321 e. The molecular weight excluding hydrogens is 312 g/mol. The van der Waals surface area contributed by atoms with Gasteiger partial charge in [0.25, 0.3) is 0 Å². The zero-order chi connectivity index (χ0) is 17.5. The quantitative estimate of drug-likeness (QED) is 0.779. The van der Waals surface area contributed by atoms with Crippen LogP contribution < -0.4 is 10.1 Å². The zero-order valence-electron chi connectivity index (χ0n) is 14.1. The average Bonchev–Trinajstić information content (AvgIpc) is 2.57. The number of ether oxygens (including phenoxy) is 2. The van der Waals surface area contributed by atoms with E-state index in [0.717, 1.165) is 5.56 Å². The first kappa shape index (κ1) is 18.1. The molecule has 0 bridgehead atoms. The molecule has 1 unspecified atom stereocenters. The first-order valence-corrected chi connectivity index (χ1v) is 8.02. The molecule has 1 heterocycles. The van der Waals surface area contributed by atoms with Gasteiger partial charge >= 0.3 is 12.0 Å². The Morgan fingerprint density at radius 1 is 1.38 bits per heavy atom. The number of carboxylic acids is 1. The van der Waals surface area contributed by atoms with E-state index in [1.165, 1.54) is 0 Å². The van der Waals surface area contributed by atoms with Crippen molar-refractivity contribution >= 4 is 17.7 Å². The fourth-order valence-corrected chi connectivity index (χ4v) is 2.64. The SMILES string of the molecule is COCCOc1cc(C)ccc1NC(=O)N1CCCC(C(=O)O)C1. The second-order valence-corrected chi connectivity index (χ2v) is 5.89. The highest BCUT2D eigenvalue weighted by molar-refractivity contribution is 5.91. The molecule has 2 N–H and O–H groups in total. The third-order valence-electron chi connectivity index (χ3n) is 3.98. The van der Waals surface area contributed by atoms with E-state index in [9.17, 15) is 9.59 Å². The summed E-state index contributed by atoms with van der Waals surface area (Å²) in [6, 6.07) is 5.21. The Kier molecular flexibility index (Phi) is 6.43. The van der Waals surface area contributed by atoms with Gasteiger partial charge in [-0.05, 0) is 37.5 Å². The number of hydrogen-bond donors (Lipinski definition) is 2. The van der Waals surface area contributed by atoms with Gasteiger partial charge in [0.05, 0.1) is 18.2 Å². The van der Waals surface area contributed by atoms with Gasteiger partial charge in [0, 0.05) is 20.2 Å². The van der Waals surface area contributed by atoms with Crippen molar-refractivity contribution < 1.29 is 24.2 Å². The summed E-state index contributed by atoms with van der Waals surface area (Å²) in [6.45, 7) is 3.56. The van der Waals surface area contributed by atoms with Crippen molar-refractivity contribution in [2.24, 2.45) is 5.92 Å². The molecule has 1 aliphatic rings. The van der Waals surface area contributed by atoms with Crippen LogP contribution in [0.5, 0.6) is 5.75 Å². The summed E-state index contributed by atoms with van der Waals surface area (Å²) in [5, 5.41) is 12.0. The van der Waals surface area contributed by atoms with Crippen molar-refractivity contribution in [1.29, 1.82) is 0 Å². The smallest absolute Gasteiger partial charge is 0.321 e. The largest absolute Gasteiger partial charge is 0.489 e. The molecule has 1 saturated heterocycles. The van der Waals surface area contributed by atoms with Crippen LogP contribution in [0.25, 0.3) is 0 Å². The Hall–Kier alpha value is -2.28. The van der Waals surface area contributed by atoms with E-state index in [-0.39, 0.29) is 12.6 Å². The van der Waals surface area contributed by atoms with Gasteiger partial charge in [-0.1, -0.05) is 6.07 Å². The number of hydrogen-bond acceptors (Lipinski definition) is 4.